The number of aromatic nitrogens is 2. The highest BCUT2D eigenvalue weighted by Crippen LogP contribution is 2.05. The Balaban J connectivity index is 2.86. The zero-order chi connectivity index (χ0) is 10.7. The third-order valence-corrected chi connectivity index (χ3v) is 1.80. The first-order valence-electron chi connectivity index (χ1n) is 3.90. The van der Waals surface area contributed by atoms with Gasteiger partial charge in [0.15, 0.2) is 0 Å². The average Bonchev–Trinajstić information content (AvgIpc) is 2.64. The predicted molar refractivity (Wildman–Crippen MR) is 47.8 cm³/mol. The van der Waals surface area contributed by atoms with Crippen molar-refractivity contribution >= 4 is 11.8 Å². The molecule has 0 aliphatic rings. The average molecular weight is 197 g/mol. The zero-order valence-corrected chi connectivity index (χ0v) is 7.60. The van der Waals surface area contributed by atoms with Gasteiger partial charge in [-0.3, -0.25) is 19.7 Å². The summed E-state index contributed by atoms with van der Waals surface area (Å²) in [6.07, 6.45) is 2.69. The molecule has 1 atom stereocenters. The van der Waals surface area contributed by atoms with E-state index < -0.39 is 17.9 Å². The van der Waals surface area contributed by atoms with Crippen molar-refractivity contribution in [1.82, 2.24) is 15.2 Å². The van der Waals surface area contributed by atoms with Crippen LogP contribution in [0.25, 0.3) is 0 Å². The molecule has 0 saturated heterocycles. The van der Waals surface area contributed by atoms with Crippen LogP contribution in [0.2, 0.25) is 0 Å². The van der Waals surface area contributed by atoms with Crippen molar-refractivity contribution in [3.8, 4) is 0 Å². The summed E-state index contributed by atoms with van der Waals surface area (Å²) >= 11 is 0. The number of hydrogen-bond donors (Lipinski definition) is 3. The number of amides is 2. The molecule has 0 saturated carbocycles. The Morgan fingerprint density at radius 1 is 1.64 bits per heavy atom. The smallest absolute Gasteiger partial charge is 0.258 e. The van der Waals surface area contributed by atoms with Crippen LogP contribution in [0.5, 0.6) is 0 Å². The van der Waals surface area contributed by atoms with Crippen LogP contribution < -0.4 is 17.0 Å². The van der Waals surface area contributed by atoms with Gasteiger partial charge < -0.3 is 5.73 Å². The third kappa shape index (κ3) is 1.88. The molecule has 14 heavy (non-hydrogen) atoms. The Morgan fingerprint density at radius 3 is 2.71 bits per heavy atom. The van der Waals surface area contributed by atoms with Crippen molar-refractivity contribution in [3.63, 3.8) is 0 Å². The molecule has 7 nitrogen and oxygen atoms in total. The number of rotatable bonds is 3. The molecule has 2 amide bonds. The van der Waals surface area contributed by atoms with Gasteiger partial charge in [-0.15, -0.1) is 0 Å². The van der Waals surface area contributed by atoms with Gasteiger partial charge in [-0.05, 0) is 6.92 Å². The van der Waals surface area contributed by atoms with Crippen molar-refractivity contribution in [2.24, 2.45) is 11.6 Å². The van der Waals surface area contributed by atoms with Gasteiger partial charge in [-0.2, -0.15) is 5.10 Å². The SMILES string of the molecule is CC(C(=O)NN)n1cc(C(N)=O)cn1. The van der Waals surface area contributed by atoms with E-state index in [4.69, 9.17) is 11.6 Å². The standard InChI is InChI=1S/C7H11N5O2/c1-4(7(14)11-9)12-3-5(2-10-12)6(8)13/h2-4H,9H2,1H3,(H2,8,13)(H,11,14). The molecule has 1 aromatic heterocycles. The topological polar surface area (TPSA) is 116 Å². The maximum atomic E-state index is 11.1. The highest BCUT2D eigenvalue weighted by Gasteiger charge is 2.15. The number of carbonyl (C=O) groups excluding carboxylic acids is 2. The Bertz CT molecular complexity index is 359. The molecule has 1 heterocycles. The number of carbonyl (C=O) groups is 2. The van der Waals surface area contributed by atoms with Gasteiger partial charge in [0.05, 0.1) is 11.8 Å². The third-order valence-electron chi connectivity index (χ3n) is 1.80. The number of nitrogens with zero attached hydrogens (tertiary/aromatic N) is 2. The molecule has 0 spiro atoms. The van der Waals surface area contributed by atoms with Crippen molar-refractivity contribution in [2.45, 2.75) is 13.0 Å². The largest absolute Gasteiger partial charge is 0.366 e. The number of primary amides is 1. The van der Waals surface area contributed by atoms with Gasteiger partial charge in [0.2, 0.25) is 0 Å². The lowest BCUT2D eigenvalue weighted by molar-refractivity contribution is -0.124. The van der Waals surface area contributed by atoms with Crippen LogP contribution in [0.15, 0.2) is 12.4 Å². The summed E-state index contributed by atoms with van der Waals surface area (Å²) < 4.78 is 1.31. The van der Waals surface area contributed by atoms with Crippen molar-refractivity contribution in [2.75, 3.05) is 0 Å². The monoisotopic (exact) mass is 197 g/mol. The number of nitrogens with one attached hydrogen (secondary N) is 1. The van der Waals surface area contributed by atoms with Gasteiger partial charge in [0, 0.05) is 6.20 Å². The Kier molecular flexibility index (Phi) is 2.82. The number of nitrogens with two attached hydrogens (primary N) is 2. The highest BCUT2D eigenvalue weighted by atomic mass is 16.2. The first-order valence-corrected chi connectivity index (χ1v) is 3.90. The van der Waals surface area contributed by atoms with E-state index in [0.29, 0.717) is 0 Å². The van der Waals surface area contributed by atoms with E-state index in [0.717, 1.165) is 0 Å². The molecule has 7 heteroatoms. The molecule has 0 aliphatic carbocycles. The number of hydrazine groups is 1. The molecule has 0 bridgehead atoms. The van der Waals surface area contributed by atoms with Crippen LogP contribution in [0.1, 0.15) is 23.3 Å². The molecule has 1 aromatic rings. The highest BCUT2D eigenvalue weighted by molar-refractivity contribution is 5.92. The maximum Gasteiger partial charge on any atom is 0.258 e. The molecule has 0 aromatic carbocycles. The second-order valence-corrected chi connectivity index (χ2v) is 2.76. The van der Waals surface area contributed by atoms with Gasteiger partial charge in [-0.1, -0.05) is 0 Å². The Morgan fingerprint density at radius 2 is 2.29 bits per heavy atom. The molecule has 76 valence electrons. The summed E-state index contributed by atoms with van der Waals surface area (Å²) in [5.74, 6) is 3.96. The first-order chi connectivity index (χ1) is 6.56. The van der Waals surface area contributed by atoms with Gasteiger partial charge >= 0.3 is 0 Å². The Labute approximate surface area is 80.0 Å². The summed E-state index contributed by atoms with van der Waals surface area (Å²) in [6, 6.07) is -0.576. The second kappa shape index (κ2) is 3.88. The molecule has 0 fully saturated rings. The van der Waals surface area contributed by atoms with Crippen LogP contribution in [0, 0.1) is 0 Å². The van der Waals surface area contributed by atoms with Crippen LogP contribution >= 0.6 is 0 Å². The van der Waals surface area contributed by atoms with E-state index >= 15 is 0 Å². The summed E-state index contributed by atoms with van der Waals surface area (Å²) in [5, 5.41) is 3.81. The van der Waals surface area contributed by atoms with Gasteiger partial charge in [-0.25, -0.2) is 5.84 Å². The minimum Gasteiger partial charge on any atom is -0.366 e. The van der Waals surface area contributed by atoms with E-state index in [9.17, 15) is 9.59 Å². The number of hydrogen-bond acceptors (Lipinski definition) is 4. The minimum absolute atomic E-state index is 0.252. The molecule has 0 aliphatic heterocycles. The summed E-state index contributed by atoms with van der Waals surface area (Å²) in [5.41, 5.74) is 7.26. The van der Waals surface area contributed by atoms with E-state index in [1.54, 1.807) is 6.92 Å². The molecule has 5 N–H and O–H groups in total. The van der Waals surface area contributed by atoms with Crippen LogP contribution in [0.3, 0.4) is 0 Å². The van der Waals surface area contributed by atoms with E-state index in [1.165, 1.54) is 17.1 Å². The second-order valence-electron chi connectivity index (χ2n) is 2.76. The van der Waals surface area contributed by atoms with Crippen LogP contribution in [-0.2, 0) is 4.79 Å². The lowest BCUT2D eigenvalue weighted by atomic mass is 10.3. The van der Waals surface area contributed by atoms with Crippen molar-refractivity contribution in [3.05, 3.63) is 18.0 Å². The zero-order valence-electron chi connectivity index (χ0n) is 7.60. The summed E-state index contributed by atoms with van der Waals surface area (Å²) in [7, 11) is 0. The molecular weight excluding hydrogens is 186 g/mol. The van der Waals surface area contributed by atoms with E-state index in [2.05, 4.69) is 5.10 Å². The summed E-state index contributed by atoms with van der Waals surface area (Å²) in [6.45, 7) is 1.60. The molecular formula is C7H11N5O2. The summed E-state index contributed by atoms with van der Waals surface area (Å²) in [4.78, 5) is 21.8. The lowest BCUT2D eigenvalue weighted by Gasteiger charge is -2.08. The maximum absolute atomic E-state index is 11.1. The van der Waals surface area contributed by atoms with Crippen molar-refractivity contribution in [1.29, 1.82) is 0 Å². The Hall–Kier alpha value is -1.89. The fraction of sp³-hybridized carbons (Fsp3) is 0.286. The quantitative estimate of drug-likeness (QED) is 0.311. The predicted octanol–water partition coefficient (Wildman–Crippen LogP) is -1.47. The van der Waals surface area contributed by atoms with E-state index in [1.807, 2.05) is 5.43 Å². The first kappa shape index (κ1) is 10.2. The minimum atomic E-state index is -0.586. The van der Waals surface area contributed by atoms with Gasteiger partial charge in [0.1, 0.15) is 6.04 Å². The van der Waals surface area contributed by atoms with Crippen molar-refractivity contribution < 1.29 is 9.59 Å². The van der Waals surface area contributed by atoms with Crippen LogP contribution in [0.4, 0.5) is 0 Å². The molecule has 1 unspecified atom stereocenters. The van der Waals surface area contributed by atoms with Gasteiger partial charge in [0.25, 0.3) is 11.8 Å². The fourth-order valence-electron chi connectivity index (χ4n) is 0.918. The molecule has 1 rings (SSSR count). The van der Waals surface area contributed by atoms with E-state index in [-0.39, 0.29) is 5.56 Å². The fourth-order valence-corrected chi connectivity index (χ4v) is 0.918. The normalized spacial score (nSPS) is 12.1. The van der Waals surface area contributed by atoms with Crippen LogP contribution in [-0.4, -0.2) is 21.6 Å². The lowest BCUT2D eigenvalue weighted by Crippen LogP contribution is -2.36. The molecule has 0 radical (unpaired) electrons.